The molecule has 19 heavy (non-hydrogen) atoms. The molecule has 0 amide bonds. The Hall–Kier alpha value is -1.55. The summed E-state index contributed by atoms with van der Waals surface area (Å²) in [5.41, 5.74) is -0.842. The number of hydrogen-bond donors (Lipinski definition) is 2. The summed E-state index contributed by atoms with van der Waals surface area (Å²) >= 11 is 0. The van der Waals surface area contributed by atoms with Crippen LogP contribution in [0.15, 0.2) is 24.3 Å². The summed E-state index contributed by atoms with van der Waals surface area (Å²) < 4.78 is 5.11. The molecule has 2 atom stereocenters. The number of carbonyl (C=O) groups is 1. The molecule has 0 aliphatic heterocycles. The number of hydrogen-bond acceptors (Lipinski definition) is 3. The topological polar surface area (TPSA) is 66.8 Å². The molecule has 0 aromatic heterocycles. The van der Waals surface area contributed by atoms with Gasteiger partial charge in [0.1, 0.15) is 11.4 Å². The zero-order valence-corrected chi connectivity index (χ0v) is 11.7. The second-order valence-corrected chi connectivity index (χ2v) is 4.91. The van der Waals surface area contributed by atoms with Crippen molar-refractivity contribution in [1.82, 2.24) is 0 Å². The second kappa shape index (κ2) is 6.57. The van der Waals surface area contributed by atoms with Crippen molar-refractivity contribution < 1.29 is 19.7 Å². The van der Waals surface area contributed by atoms with Gasteiger partial charge in [-0.15, -0.1) is 0 Å². The summed E-state index contributed by atoms with van der Waals surface area (Å²) in [6.07, 6.45) is 2.13. The monoisotopic (exact) mass is 266 g/mol. The maximum atomic E-state index is 11.4. The van der Waals surface area contributed by atoms with Gasteiger partial charge < -0.3 is 14.9 Å². The fourth-order valence-electron chi connectivity index (χ4n) is 2.19. The van der Waals surface area contributed by atoms with Crippen molar-refractivity contribution >= 4 is 5.97 Å². The van der Waals surface area contributed by atoms with E-state index in [1.54, 1.807) is 38.3 Å². The standard InChI is InChI=1S/C15H22O4/c1-4-5-9-13(14(16)17)15(2,18)11-7-6-8-12(10-11)19-3/h6-8,10,13,18H,4-5,9H2,1-3H3,(H,16,17). The number of carboxylic acids is 1. The summed E-state index contributed by atoms with van der Waals surface area (Å²) in [4.78, 5) is 11.4. The number of benzene rings is 1. The van der Waals surface area contributed by atoms with E-state index >= 15 is 0 Å². The minimum atomic E-state index is -1.41. The maximum Gasteiger partial charge on any atom is 0.309 e. The molecule has 2 N–H and O–H groups in total. The summed E-state index contributed by atoms with van der Waals surface area (Å²) in [5.74, 6) is -1.18. The lowest BCUT2D eigenvalue weighted by atomic mass is 9.80. The number of aliphatic hydroxyl groups is 1. The highest BCUT2D eigenvalue weighted by Gasteiger charge is 2.38. The quantitative estimate of drug-likeness (QED) is 0.796. The predicted molar refractivity (Wildman–Crippen MR) is 73.2 cm³/mol. The Labute approximate surface area is 114 Å². The number of rotatable bonds is 7. The van der Waals surface area contributed by atoms with Crippen LogP contribution in [0, 0.1) is 5.92 Å². The molecule has 1 rings (SSSR count). The van der Waals surface area contributed by atoms with E-state index in [1.165, 1.54) is 0 Å². The molecule has 0 aliphatic rings. The van der Waals surface area contributed by atoms with Gasteiger partial charge in [0, 0.05) is 0 Å². The molecule has 4 heteroatoms. The maximum absolute atomic E-state index is 11.4. The molecule has 0 aliphatic carbocycles. The third-order valence-electron chi connectivity index (χ3n) is 3.48. The van der Waals surface area contributed by atoms with Crippen LogP contribution in [0.5, 0.6) is 5.75 Å². The molecule has 4 nitrogen and oxygen atoms in total. The largest absolute Gasteiger partial charge is 0.497 e. The van der Waals surface area contributed by atoms with E-state index in [2.05, 4.69) is 0 Å². The number of carboxylic acid groups (broad SMARTS) is 1. The van der Waals surface area contributed by atoms with Crippen LogP contribution in [0.2, 0.25) is 0 Å². The van der Waals surface area contributed by atoms with Gasteiger partial charge in [0.2, 0.25) is 0 Å². The third-order valence-corrected chi connectivity index (χ3v) is 3.48. The molecule has 0 heterocycles. The average molecular weight is 266 g/mol. The van der Waals surface area contributed by atoms with Crippen LogP contribution in [0.1, 0.15) is 38.7 Å². The summed E-state index contributed by atoms with van der Waals surface area (Å²) in [5, 5.41) is 20.0. The first-order valence-corrected chi connectivity index (χ1v) is 6.53. The Morgan fingerprint density at radius 1 is 1.47 bits per heavy atom. The normalized spacial score (nSPS) is 15.6. The summed E-state index contributed by atoms with van der Waals surface area (Å²) in [7, 11) is 1.54. The molecule has 0 saturated carbocycles. The van der Waals surface area contributed by atoms with Crippen molar-refractivity contribution in [3.63, 3.8) is 0 Å². The predicted octanol–water partition coefficient (Wildman–Crippen LogP) is 2.79. The van der Waals surface area contributed by atoms with Crippen molar-refractivity contribution in [1.29, 1.82) is 0 Å². The van der Waals surface area contributed by atoms with Crippen molar-refractivity contribution in [2.24, 2.45) is 5.92 Å². The second-order valence-electron chi connectivity index (χ2n) is 4.91. The third kappa shape index (κ3) is 3.70. The van der Waals surface area contributed by atoms with Gasteiger partial charge in [0.15, 0.2) is 0 Å². The van der Waals surface area contributed by atoms with Crippen molar-refractivity contribution in [2.75, 3.05) is 7.11 Å². The van der Waals surface area contributed by atoms with Gasteiger partial charge in [-0.25, -0.2) is 0 Å². The van der Waals surface area contributed by atoms with Crippen LogP contribution in [0.3, 0.4) is 0 Å². The zero-order chi connectivity index (χ0) is 14.5. The molecule has 0 spiro atoms. The van der Waals surface area contributed by atoms with Gasteiger partial charge >= 0.3 is 5.97 Å². The van der Waals surface area contributed by atoms with Gasteiger partial charge in [-0.1, -0.05) is 31.9 Å². The molecule has 0 bridgehead atoms. The van der Waals surface area contributed by atoms with Gasteiger partial charge in [0.05, 0.1) is 13.0 Å². The first-order chi connectivity index (χ1) is 8.93. The molecule has 1 aromatic rings. The molecule has 106 valence electrons. The number of unbranched alkanes of at least 4 members (excludes halogenated alkanes) is 1. The zero-order valence-electron chi connectivity index (χ0n) is 11.7. The summed E-state index contributed by atoms with van der Waals surface area (Å²) in [6, 6.07) is 6.93. The number of aliphatic carboxylic acids is 1. The van der Waals surface area contributed by atoms with Crippen LogP contribution in [0.25, 0.3) is 0 Å². The Kier molecular flexibility index (Phi) is 5.36. The Balaban J connectivity index is 3.06. The highest BCUT2D eigenvalue weighted by molar-refractivity contribution is 5.72. The lowest BCUT2D eigenvalue weighted by Gasteiger charge is -2.30. The van der Waals surface area contributed by atoms with Crippen LogP contribution < -0.4 is 4.74 Å². The van der Waals surface area contributed by atoms with Gasteiger partial charge in [-0.2, -0.15) is 0 Å². The first-order valence-electron chi connectivity index (χ1n) is 6.53. The molecule has 0 fully saturated rings. The fraction of sp³-hybridized carbons (Fsp3) is 0.533. The van der Waals surface area contributed by atoms with Gasteiger partial charge in [0.25, 0.3) is 0 Å². The molecule has 2 unspecified atom stereocenters. The smallest absolute Gasteiger partial charge is 0.309 e. The highest BCUT2D eigenvalue weighted by Crippen LogP contribution is 2.34. The van der Waals surface area contributed by atoms with Crippen LogP contribution in [0.4, 0.5) is 0 Å². The minimum Gasteiger partial charge on any atom is -0.497 e. The van der Waals surface area contributed by atoms with Crippen LogP contribution in [-0.4, -0.2) is 23.3 Å². The first kappa shape index (κ1) is 15.5. The molecule has 0 saturated heterocycles. The molecular formula is C15H22O4. The molecule has 0 radical (unpaired) electrons. The fourth-order valence-corrected chi connectivity index (χ4v) is 2.19. The van der Waals surface area contributed by atoms with E-state index in [0.717, 1.165) is 12.8 Å². The van der Waals surface area contributed by atoms with Crippen molar-refractivity contribution in [2.45, 2.75) is 38.7 Å². The van der Waals surface area contributed by atoms with Crippen molar-refractivity contribution in [3.8, 4) is 5.75 Å². The Morgan fingerprint density at radius 2 is 2.16 bits per heavy atom. The lowest BCUT2D eigenvalue weighted by molar-refractivity contribution is -0.152. The van der Waals surface area contributed by atoms with Crippen LogP contribution >= 0.6 is 0 Å². The summed E-state index contributed by atoms with van der Waals surface area (Å²) in [6.45, 7) is 3.55. The van der Waals surface area contributed by atoms with E-state index in [1.807, 2.05) is 6.92 Å². The van der Waals surface area contributed by atoms with E-state index < -0.39 is 17.5 Å². The SMILES string of the molecule is CCCCC(C(=O)O)C(C)(O)c1cccc(OC)c1. The Morgan fingerprint density at radius 3 is 2.68 bits per heavy atom. The van der Waals surface area contributed by atoms with Crippen LogP contribution in [-0.2, 0) is 10.4 Å². The average Bonchev–Trinajstić information content (AvgIpc) is 2.38. The van der Waals surface area contributed by atoms with E-state index in [9.17, 15) is 15.0 Å². The van der Waals surface area contributed by atoms with E-state index in [-0.39, 0.29) is 0 Å². The highest BCUT2D eigenvalue weighted by atomic mass is 16.5. The van der Waals surface area contributed by atoms with Gasteiger partial charge in [-0.3, -0.25) is 4.79 Å². The Bertz CT molecular complexity index is 426. The number of methoxy groups -OCH3 is 1. The van der Waals surface area contributed by atoms with E-state index in [0.29, 0.717) is 17.7 Å². The van der Waals surface area contributed by atoms with Crippen molar-refractivity contribution in [3.05, 3.63) is 29.8 Å². The molecule has 1 aromatic carbocycles. The minimum absolute atomic E-state index is 0.454. The lowest BCUT2D eigenvalue weighted by Crippen LogP contribution is -2.37. The van der Waals surface area contributed by atoms with Gasteiger partial charge in [-0.05, 0) is 31.0 Å². The number of ether oxygens (including phenoxy) is 1. The van der Waals surface area contributed by atoms with E-state index in [4.69, 9.17) is 4.74 Å². The molecular weight excluding hydrogens is 244 g/mol.